The lowest BCUT2D eigenvalue weighted by atomic mass is 10.1. The van der Waals surface area contributed by atoms with Crippen LogP contribution in [0, 0.1) is 0 Å². The van der Waals surface area contributed by atoms with Crippen molar-refractivity contribution in [1.29, 1.82) is 0 Å². The maximum Gasteiger partial charge on any atom is 0.119 e. The van der Waals surface area contributed by atoms with Crippen molar-refractivity contribution in [3.8, 4) is 5.75 Å². The summed E-state index contributed by atoms with van der Waals surface area (Å²) in [5, 5.41) is 3.52. The smallest absolute Gasteiger partial charge is 0.119 e. The maximum atomic E-state index is 5.48. The number of nitrogens with one attached hydrogen (secondary N) is 1. The molecule has 3 heteroatoms. The van der Waals surface area contributed by atoms with Crippen molar-refractivity contribution in [2.45, 2.75) is 32.2 Å². The second-order valence-corrected chi connectivity index (χ2v) is 5.68. The van der Waals surface area contributed by atoms with Gasteiger partial charge in [-0.2, -0.15) is 0 Å². The Labute approximate surface area is 129 Å². The first-order chi connectivity index (χ1) is 10.4. The largest absolute Gasteiger partial charge is 0.490 e. The molecule has 0 saturated carbocycles. The summed E-state index contributed by atoms with van der Waals surface area (Å²) in [6.07, 6.45) is 7.18. The zero-order chi connectivity index (χ0) is 14.8. The van der Waals surface area contributed by atoms with Crippen molar-refractivity contribution in [2.75, 3.05) is 32.8 Å². The minimum absolute atomic E-state index is 0.564. The Hall–Kier alpha value is -1.32. The highest BCUT2D eigenvalue weighted by atomic mass is 16.5. The lowest BCUT2D eigenvalue weighted by Crippen LogP contribution is -2.32. The molecule has 1 fully saturated rings. The van der Waals surface area contributed by atoms with Gasteiger partial charge in [-0.3, -0.25) is 0 Å². The van der Waals surface area contributed by atoms with E-state index in [1.807, 2.05) is 12.1 Å². The minimum atomic E-state index is 0.564. The van der Waals surface area contributed by atoms with E-state index in [1.165, 1.54) is 50.9 Å². The normalized spacial score (nSPS) is 15.8. The standard InChI is InChI=1S/C18H28N2O/c1-2-15-21-18-9-7-17(8-10-18)16-19-11-6-14-20-12-4-3-5-13-20/h2,7-10,19H,1,3-6,11-16H2. The topological polar surface area (TPSA) is 24.5 Å². The molecule has 116 valence electrons. The Morgan fingerprint density at radius 2 is 1.90 bits per heavy atom. The highest BCUT2D eigenvalue weighted by Gasteiger charge is 2.08. The number of hydrogen-bond acceptors (Lipinski definition) is 3. The van der Waals surface area contributed by atoms with Crippen LogP contribution in [0.1, 0.15) is 31.2 Å². The number of likely N-dealkylation sites (tertiary alicyclic amines) is 1. The summed E-state index contributed by atoms with van der Waals surface area (Å²) in [6, 6.07) is 8.29. The average molecular weight is 288 g/mol. The van der Waals surface area contributed by atoms with E-state index in [9.17, 15) is 0 Å². The van der Waals surface area contributed by atoms with Gasteiger partial charge in [0.05, 0.1) is 0 Å². The molecule has 21 heavy (non-hydrogen) atoms. The van der Waals surface area contributed by atoms with Gasteiger partial charge in [-0.1, -0.05) is 31.2 Å². The van der Waals surface area contributed by atoms with Gasteiger partial charge in [-0.05, 0) is 63.1 Å². The SMILES string of the molecule is C=CCOc1ccc(CNCCCN2CCCCC2)cc1. The molecule has 0 atom stereocenters. The van der Waals surface area contributed by atoms with Crippen molar-refractivity contribution in [3.05, 3.63) is 42.5 Å². The number of hydrogen-bond donors (Lipinski definition) is 1. The Morgan fingerprint density at radius 1 is 1.14 bits per heavy atom. The highest BCUT2D eigenvalue weighted by Crippen LogP contribution is 2.12. The van der Waals surface area contributed by atoms with Crippen LogP contribution < -0.4 is 10.1 Å². The van der Waals surface area contributed by atoms with Gasteiger partial charge >= 0.3 is 0 Å². The van der Waals surface area contributed by atoms with Gasteiger partial charge in [-0.25, -0.2) is 0 Å². The van der Waals surface area contributed by atoms with Crippen LogP contribution in [0.2, 0.25) is 0 Å². The van der Waals surface area contributed by atoms with Gasteiger partial charge in [0, 0.05) is 6.54 Å². The Morgan fingerprint density at radius 3 is 2.62 bits per heavy atom. The summed E-state index contributed by atoms with van der Waals surface area (Å²) in [5.74, 6) is 0.906. The van der Waals surface area contributed by atoms with Crippen molar-refractivity contribution >= 4 is 0 Å². The fourth-order valence-corrected chi connectivity index (χ4v) is 2.70. The molecule has 1 aromatic rings. The van der Waals surface area contributed by atoms with Crippen LogP contribution in [0.4, 0.5) is 0 Å². The first kappa shape index (κ1) is 16.1. The molecule has 2 rings (SSSR count). The van der Waals surface area contributed by atoms with Gasteiger partial charge in [0.15, 0.2) is 0 Å². The van der Waals surface area contributed by atoms with Gasteiger partial charge in [0.2, 0.25) is 0 Å². The second-order valence-electron chi connectivity index (χ2n) is 5.68. The van der Waals surface area contributed by atoms with Crippen LogP contribution in [0.3, 0.4) is 0 Å². The second kappa shape index (κ2) is 9.59. The summed E-state index contributed by atoms with van der Waals surface area (Å²) < 4.78 is 5.48. The third kappa shape index (κ3) is 6.32. The van der Waals surface area contributed by atoms with Crippen LogP contribution in [0.15, 0.2) is 36.9 Å². The molecule has 3 nitrogen and oxygen atoms in total. The van der Waals surface area contributed by atoms with E-state index in [2.05, 4.69) is 28.9 Å². The average Bonchev–Trinajstić information content (AvgIpc) is 2.55. The van der Waals surface area contributed by atoms with E-state index in [0.29, 0.717) is 6.61 Å². The molecule has 0 aliphatic carbocycles. The van der Waals surface area contributed by atoms with Gasteiger partial charge in [0.1, 0.15) is 12.4 Å². The summed E-state index contributed by atoms with van der Waals surface area (Å²) in [4.78, 5) is 2.59. The van der Waals surface area contributed by atoms with E-state index in [4.69, 9.17) is 4.74 Å². The summed E-state index contributed by atoms with van der Waals surface area (Å²) >= 11 is 0. The fraction of sp³-hybridized carbons (Fsp3) is 0.556. The summed E-state index contributed by atoms with van der Waals surface area (Å²) in [6.45, 7) is 10.1. The van der Waals surface area contributed by atoms with Gasteiger partial charge < -0.3 is 15.0 Å². The predicted molar refractivity (Wildman–Crippen MR) is 88.7 cm³/mol. The summed E-state index contributed by atoms with van der Waals surface area (Å²) in [7, 11) is 0. The number of piperidine rings is 1. The Balaban J connectivity index is 1.56. The Bertz CT molecular complexity index is 396. The van der Waals surface area contributed by atoms with Crippen LogP contribution in [0.5, 0.6) is 5.75 Å². The maximum absolute atomic E-state index is 5.48. The van der Waals surface area contributed by atoms with Crippen molar-refractivity contribution in [3.63, 3.8) is 0 Å². The van der Waals surface area contributed by atoms with Crippen molar-refractivity contribution in [1.82, 2.24) is 10.2 Å². The first-order valence-corrected chi connectivity index (χ1v) is 8.14. The van der Waals surface area contributed by atoms with Crippen LogP contribution in [-0.4, -0.2) is 37.7 Å². The molecule has 0 bridgehead atoms. The third-order valence-corrected chi connectivity index (χ3v) is 3.90. The number of ether oxygens (including phenoxy) is 1. The Kier molecular flexibility index (Phi) is 7.33. The van der Waals surface area contributed by atoms with E-state index in [-0.39, 0.29) is 0 Å². The number of nitrogens with zero attached hydrogens (tertiary/aromatic N) is 1. The van der Waals surface area contributed by atoms with Crippen molar-refractivity contribution in [2.24, 2.45) is 0 Å². The molecule has 0 aromatic heterocycles. The fourth-order valence-electron chi connectivity index (χ4n) is 2.70. The lowest BCUT2D eigenvalue weighted by molar-refractivity contribution is 0.225. The third-order valence-electron chi connectivity index (χ3n) is 3.90. The van der Waals surface area contributed by atoms with Crippen LogP contribution in [0.25, 0.3) is 0 Å². The molecule has 1 N–H and O–H groups in total. The van der Waals surface area contributed by atoms with E-state index in [1.54, 1.807) is 6.08 Å². The number of benzene rings is 1. The van der Waals surface area contributed by atoms with Crippen molar-refractivity contribution < 1.29 is 4.74 Å². The molecule has 0 spiro atoms. The number of rotatable bonds is 9. The zero-order valence-electron chi connectivity index (χ0n) is 13.0. The molecular weight excluding hydrogens is 260 g/mol. The van der Waals surface area contributed by atoms with E-state index >= 15 is 0 Å². The zero-order valence-corrected chi connectivity index (χ0v) is 13.0. The molecular formula is C18H28N2O. The monoisotopic (exact) mass is 288 g/mol. The first-order valence-electron chi connectivity index (χ1n) is 8.14. The molecule has 0 radical (unpaired) electrons. The molecule has 1 saturated heterocycles. The molecule has 1 heterocycles. The van der Waals surface area contributed by atoms with Crippen LogP contribution >= 0.6 is 0 Å². The lowest BCUT2D eigenvalue weighted by Gasteiger charge is -2.26. The molecule has 0 unspecified atom stereocenters. The molecule has 1 aliphatic heterocycles. The molecule has 0 amide bonds. The summed E-state index contributed by atoms with van der Waals surface area (Å²) in [5.41, 5.74) is 1.30. The quantitative estimate of drug-likeness (QED) is 0.558. The highest BCUT2D eigenvalue weighted by molar-refractivity contribution is 5.27. The predicted octanol–water partition coefficient (Wildman–Crippen LogP) is 3.22. The van der Waals surface area contributed by atoms with Gasteiger partial charge in [0.25, 0.3) is 0 Å². The van der Waals surface area contributed by atoms with Crippen LogP contribution in [-0.2, 0) is 6.54 Å². The van der Waals surface area contributed by atoms with E-state index < -0.39 is 0 Å². The van der Waals surface area contributed by atoms with Gasteiger partial charge in [-0.15, -0.1) is 0 Å². The molecule has 1 aliphatic rings. The van der Waals surface area contributed by atoms with E-state index in [0.717, 1.165) is 18.8 Å². The molecule has 1 aromatic carbocycles. The minimum Gasteiger partial charge on any atom is -0.490 e.